The number of carbonyl (C=O) groups excluding carboxylic acids is 2. The van der Waals surface area contributed by atoms with E-state index in [1.807, 2.05) is 0 Å². The Balaban J connectivity index is 2.19. The Morgan fingerprint density at radius 3 is 2.65 bits per heavy atom. The average Bonchev–Trinajstić information content (AvgIpc) is 2.76. The number of aromatic nitrogens is 1. The number of nitrogens with zero attached hydrogens (tertiary/aromatic N) is 1. The lowest BCUT2D eigenvalue weighted by molar-refractivity contribution is -0.118. The first kappa shape index (κ1) is 16.1. The maximum atomic E-state index is 12.1. The van der Waals surface area contributed by atoms with Crippen molar-refractivity contribution in [1.29, 1.82) is 0 Å². The van der Waals surface area contributed by atoms with Crippen molar-refractivity contribution in [3.05, 3.63) is 17.0 Å². The van der Waals surface area contributed by atoms with Gasteiger partial charge in [0.2, 0.25) is 0 Å². The SMILES string of the molecule is CS(=O)(=O)Oc1c2c3n(c1C(=O)O)C(=O)[C@H]3N[C@@H](C(=O)CBr)C2. The van der Waals surface area contributed by atoms with Crippen LogP contribution >= 0.6 is 15.9 Å². The van der Waals surface area contributed by atoms with Gasteiger partial charge in [-0.05, 0) is 0 Å². The van der Waals surface area contributed by atoms with Gasteiger partial charge in [0.1, 0.15) is 6.04 Å². The highest BCUT2D eigenvalue weighted by atomic mass is 79.9. The van der Waals surface area contributed by atoms with Crippen LogP contribution in [0.25, 0.3) is 0 Å². The molecule has 3 heterocycles. The summed E-state index contributed by atoms with van der Waals surface area (Å²) in [7, 11) is -4.00. The van der Waals surface area contributed by atoms with E-state index in [9.17, 15) is 27.9 Å². The molecule has 0 aliphatic carbocycles. The Morgan fingerprint density at radius 2 is 2.13 bits per heavy atom. The molecule has 0 spiro atoms. The van der Waals surface area contributed by atoms with E-state index in [0.717, 1.165) is 10.8 Å². The van der Waals surface area contributed by atoms with Crippen LogP contribution in [-0.4, -0.2) is 53.4 Å². The molecule has 0 unspecified atom stereocenters. The number of Topliss-reactive ketones (excluding diaryl/α,β-unsaturated/α-hetero) is 1. The van der Waals surface area contributed by atoms with E-state index in [4.69, 9.17) is 4.18 Å². The molecule has 2 aliphatic rings. The molecule has 1 aromatic rings. The van der Waals surface area contributed by atoms with Gasteiger partial charge in [0.15, 0.2) is 17.2 Å². The highest BCUT2D eigenvalue weighted by Gasteiger charge is 2.50. The van der Waals surface area contributed by atoms with Gasteiger partial charge in [-0.25, -0.2) is 4.79 Å². The first-order chi connectivity index (χ1) is 10.7. The summed E-state index contributed by atoms with van der Waals surface area (Å²) in [6.07, 6.45) is 0.823. The number of ketones is 1. The van der Waals surface area contributed by atoms with Gasteiger partial charge in [-0.3, -0.25) is 19.5 Å². The zero-order valence-electron chi connectivity index (χ0n) is 11.7. The highest BCUT2D eigenvalue weighted by Crippen LogP contribution is 2.45. The molecule has 23 heavy (non-hydrogen) atoms. The number of rotatable bonds is 5. The summed E-state index contributed by atoms with van der Waals surface area (Å²) in [6.45, 7) is 0. The molecule has 2 atom stereocenters. The Bertz CT molecular complexity index is 857. The summed E-state index contributed by atoms with van der Waals surface area (Å²) in [6, 6.07) is -1.56. The Kier molecular flexibility index (Phi) is 3.61. The molecule has 0 amide bonds. The average molecular weight is 407 g/mol. The molecule has 9 nitrogen and oxygen atoms in total. The lowest BCUT2D eigenvalue weighted by Crippen LogP contribution is -2.54. The third-order valence-corrected chi connectivity index (χ3v) is 4.76. The van der Waals surface area contributed by atoms with Crippen LogP contribution in [0.15, 0.2) is 0 Å². The van der Waals surface area contributed by atoms with Crippen molar-refractivity contribution in [2.75, 3.05) is 11.6 Å². The molecule has 3 rings (SSSR count). The topological polar surface area (TPSA) is 132 Å². The molecule has 0 saturated heterocycles. The van der Waals surface area contributed by atoms with E-state index in [2.05, 4.69) is 21.2 Å². The molecule has 0 radical (unpaired) electrons. The molecule has 0 fully saturated rings. The van der Waals surface area contributed by atoms with Crippen LogP contribution < -0.4 is 9.50 Å². The Labute approximate surface area is 138 Å². The number of carbonyl (C=O) groups is 3. The number of aromatic carboxylic acids is 1. The first-order valence-electron chi connectivity index (χ1n) is 6.45. The predicted molar refractivity (Wildman–Crippen MR) is 79.7 cm³/mol. The fraction of sp³-hybridized carbons (Fsp3) is 0.417. The fourth-order valence-corrected chi connectivity index (χ4v) is 3.75. The van der Waals surface area contributed by atoms with Gasteiger partial charge >= 0.3 is 16.1 Å². The second-order valence-electron chi connectivity index (χ2n) is 5.26. The molecule has 0 bridgehead atoms. The minimum absolute atomic E-state index is 0.0433. The maximum Gasteiger partial charge on any atom is 0.356 e. The molecular formula is C12H11BrN2O7S. The normalized spacial score (nSPS) is 22.3. The number of carboxylic acid groups (broad SMARTS) is 1. The zero-order valence-corrected chi connectivity index (χ0v) is 14.1. The summed E-state index contributed by atoms with van der Waals surface area (Å²) in [5.74, 6) is -2.66. The van der Waals surface area contributed by atoms with E-state index in [0.29, 0.717) is 5.69 Å². The Hall–Kier alpha value is -1.72. The van der Waals surface area contributed by atoms with Crippen molar-refractivity contribution in [1.82, 2.24) is 9.88 Å². The molecule has 11 heteroatoms. The van der Waals surface area contributed by atoms with Crippen molar-refractivity contribution in [3.63, 3.8) is 0 Å². The minimum atomic E-state index is -4.00. The minimum Gasteiger partial charge on any atom is -0.476 e. The number of carboxylic acids is 1. The number of nitrogens with one attached hydrogen (secondary N) is 1. The zero-order chi connectivity index (χ0) is 17.1. The van der Waals surface area contributed by atoms with Crippen LogP contribution in [0.2, 0.25) is 0 Å². The molecule has 2 N–H and O–H groups in total. The van der Waals surface area contributed by atoms with Gasteiger partial charge in [-0.15, -0.1) is 0 Å². The quantitative estimate of drug-likeness (QED) is 0.502. The van der Waals surface area contributed by atoms with Crippen molar-refractivity contribution in [2.24, 2.45) is 0 Å². The largest absolute Gasteiger partial charge is 0.476 e. The van der Waals surface area contributed by atoms with E-state index >= 15 is 0 Å². The van der Waals surface area contributed by atoms with E-state index in [1.54, 1.807) is 0 Å². The second-order valence-corrected chi connectivity index (χ2v) is 7.40. The molecular weight excluding hydrogens is 396 g/mol. The predicted octanol–water partition coefficient (Wildman–Crippen LogP) is -0.302. The maximum absolute atomic E-state index is 12.1. The number of hydrogen-bond acceptors (Lipinski definition) is 7. The van der Waals surface area contributed by atoms with Gasteiger partial charge in [-0.2, -0.15) is 8.42 Å². The third-order valence-electron chi connectivity index (χ3n) is 3.74. The van der Waals surface area contributed by atoms with E-state index < -0.39 is 39.8 Å². The molecule has 0 saturated carbocycles. The van der Waals surface area contributed by atoms with Crippen LogP contribution in [0.1, 0.15) is 32.6 Å². The lowest BCUT2D eigenvalue weighted by Gasteiger charge is -2.36. The highest BCUT2D eigenvalue weighted by molar-refractivity contribution is 9.09. The molecule has 0 aromatic carbocycles. The van der Waals surface area contributed by atoms with Crippen molar-refractivity contribution in [3.8, 4) is 5.75 Å². The molecule has 2 aliphatic heterocycles. The van der Waals surface area contributed by atoms with Gasteiger partial charge in [0, 0.05) is 12.0 Å². The number of alkyl halides is 1. The van der Waals surface area contributed by atoms with Crippen LogP contribution in [0.4, 0.5) is 0 Å². The standard InChI is InChI=1S/C12H11BrN2O7S/c1-23(20,21)22-10-4-2-5(6(16)3-13)14-7-8(4)15(11(7)17)9(10)12(18)19/h5,7,14H,2-3H2,1H3,(H,18,19)/t5-,7+/m1/s1. The van der Waals surface area contributed by atoms with Gasteiger partial charge < -0.3 is 9.29 Å². The molecule has 124 valence electrons. The number of hydrogen-bond donors (Lipinski definition) is 2. The van der Waals surface area contributed by atoms with Crippen molar-refractivity contribution < 1.29 is 32.1 Å². The summed E-state index contributed by atoms with van der Waals surface area (Å²) in [5, 5.41) is 12.2. The monoisotopic (exact) mass is 406 g/mol. The van der Waals surface area contributed by atoms with Crippen molar-refractivity contribution in [2.45, 2.75) is 18.5 Å². The van der Waals surface area contributed by atoms with Gasteiger partial charge in [0.25, 0.3) is 5.91 Å². The first-order valence-corrected chi connectivity index (χ1v) is 9.38. The van der Waals surface area contributed by atoms with Crippen LogP contribution in [-0.2, 0) is 21.3 Å². The number of halogens is 1. The summed E-state index contributed by atoms with van der Waals surface area (Å²) < 4.78 is 28.6. The summed E-state index contributed by atoms with van der Waals surface area (Å²) in [5.41, 5.74) is 0.0653. The third kappa shape index (κ3) is 2.39. The summed E-state index contributed by atoms with van der Waals surface area (Å²) >= 11 is 3.04. The van der Waals surface area contributed by atoms with Crippen LogP contribution in [0.3, 0.4) is 0 Å². The van der Waals surface area contributed by atoms with Crippen LogP contribution in [0.5, 0.6) is 5.75 Å². The van der Waals surface area contributed by atoms with Gasteiger partial charge in [-0.1, -0.05) is 15.9 Å². The van der Waals surface area contributed by atoms with E-state index in [1.165, 1.54) is 0 Å². The van der Waals surface area contributed by atoms with Crippen LogP contribution in [0, 0.1) is 0 Å². The van der Waals surface area contributed by atoms with E-state index in [-0.39, 0.29) is 28.8 Å². The Morgan fingerprint density at radius 1 is 1.48 bits per heavy atom. The molecule has 1 aromatic heterocycles. The smallest absolute Gasteiger partial charge is 0.356 e. The fourth-order valence-electron chi connectivity index (χ4n) is 2.87. The second kappa shape index (κ2) is 5.14. The summed E-state index contributed by atoms with van der Waals surface area (Å²) in [4.78, 5) is 35.5. The van der Waals surface area contributed by atoms with Crippen molar-refractivity contribution >= 4 is 43.7 Å². The lowest BCUT2D eigenvalue weighted by atomic mass is 9.90. The van der Waals surface area contributed by atoms with Gasteiger partial charge in [0.05, 0.1) is 23.3 Å².